The van der Waals surface area contributed by atoms with Crippen LogP contribution in [0, 0.1) is 24.0 Å². The van der Waals surface area contributed by atoms with Gasteiger partial charge in [-0.25, -0.2) is 15.4 Å². The molecule has 0 radical (unpaired) electrons. The number of hydrogen-bond donors (Lipinski definition) is 2. The van der Waals surface area contributed by atoms with Gasteiger partial charge in [0.2, 0.25) is 5.95 Å². The van der Waals surface area contributed by atoms with Gasteiger partial charge in [-0.3, -0.25) is 10.1 Å². The number of rotatable bonds is 5. The molecule has 2 rings (SSSR count). The Bertz CT molecular complexity index is 756. The third kappa shape index (κ3) is 3.90. The molecule has 0 aliphatic carbocycles. The lowest BCUT2D eigenvalue weighted by Crippen LogP contribution is -2.00. The average Bonchev–Trinajstić information content (AvgIpc) is 2.47. The van der Waals surface area contributed by atoms with Gasteiger partial charge in [0.25, 0.3) is 5.69 Å². The summed E-state index contributed by atoms with van der Waals surface area (Å²) in [5, 5.41) is 24.8. The van der Waals surface area contributed by atoms with Crippen LogP contribution in [-0.4, -0.2) is 33.3 Å². The minimum Gasteiger partial charge on any atom is -0.504 e. The van der Waals surface area contributed by atoms with Gasteiger partial charge in [0.15, 0.2) is 11.5 Å². The van der Waals surface area contributed by atoms with Crippen molar-refractivity contribution in [3.8, 4) is 11.5 Å². The van der Waals surface area contributed by atoms with Crippen molar-refractivity contribution in [3.63, 3.8) is 0 Å². The third-order valence-corrected chi connectivity index (χ3v) is 2.87. The summed E-state index contributed by atoms with van der Waals surface area (Å²) in [6, 6.07) is 4.13. The summed E-state index contributed by atoms with van der Waals surface area (Å²) in [7, 11) is 1.31. The SMILES string of the molecule is COc1cc([N+](=O)[O-])cc(/C=N\Nc2nc(C)cc(C)n2)c1O. The minimum absolute atomic E-state index is 0.0108. The average molecular weight is 317 g/mol. The molecular formula is C14H15N5O4. The summed E-state index contributed by atoms with van der Waals surface area (Å²) in [5.41, 5.74) is 4.07. The van der Waals surface area contributed by atoms with Gasteiger partial charge in [-0.1, -0.05) is 0 Å². The number of ether oxygens (including phenoxy) is 1. The number of aromatic nitrogens is 2. The standard InChI is InChI=1S/C14H15N5O4/c1-8-4-9(2)17-14(16-8)18-15-7-10-5-11(19(21)22)6-12(23-3)13(10)20/h4-7,20H,1-3H3,(H,16,17,18)/b15-7-. The highest BCUT2D eigenvalue weighted by Gasteiger charge is 2.15. The lowest BCUT2D eigenvalue weighted by Gasteiger charge is -2.06. The van der Waals surface area contributed by atoms with Gasteiger partial charge in [-0.2, -0.15) is 5.10 Å². The lowest BCUT2D eigenvalue weighted by molar-refractivity contribution is -0.385. The van der Waals surface area contributed by atoms with E-state index >= 15 is 0 Å². The fraction of sp³-hybridized carbons (Fsp3) is 0.214. The molecule has 0 bridgehead atoms. The molecule has 120 valence electrons. The number of nitro groups is 1. The van der Waals surface area contributed by atoms with Gasteiger partial charge < -0.3 is 9.84 Å². The smallest absolute Gasteiger partial charge is 0.274 e. The van der Waals surface area contributed by atoms with Crippen molar-refractivity contribution >= 4 is 17.9 Å². The first-order valence-electron chi connectivity index (χ1n) is 6.57. The predicted octanol–water partition coefficient (Wildman–Crippen LogP) is 2.16. The van der Waals surface area contributed by atoms with Crippen molar-refractivity contribution in [1.29, 1.82) is 0 Å². The van der Waals surface area contributed by atoms with Crippen LogP contribution in [0.15, 0.2) is 23.3 Å². The van der Waals surface area contributed by atoms with Gasteiger partial charge in [0.05, 0.1) is 24.3 Å². The van der Waals surface area contributed by atoms with E-state index in [1.54, 1.807) is 0 Å². The molecule has 0 aliphatic heterocycles. The van der Waals surface area contributed by atoms with E-state index in [9.17, 15) is 15.2 Å². The van der Waals surface area contributed by atoms with E-state index in [1.807, 2.05) is 19.9 Å². The number of nitrogens with one attached hydrogen (secondary N) is 1. The number of nitro benzene ring substituents is 1. The van der Waals surface area contributed by atoms with Crippen LogP contribution in [0.25, 0.3) is 0 Å². The van der Waals surface area contributed by atoms with E-state index in [1.165, 1.54) is 19.4 Å². The molecule has 0 amide bonds. The summed E-state index contributed by atoms with van der Waals surface area (Å²) in [6.07, 6.45) is 1.23. The molecule has 0 aliphatic rings. The zero-order valence-corrected chi connectivity index (χ0v) is 12.8. The molecule has 1 aromatic heterocycles. The Morgan fingerprint density at radius 1 is 1.30 bits per heavy atom. The largest absolute Gasteiger partial charge is 0.504 e. The van der Waals surface area contributed by atoms with Crippen molar-refractivity contribution in [2.24, 2.45) is 5.10 Å². The van der Waals surface area contributed by atoms with E-state index in [0.717, 1.165) is 17.5 Å². The molecule has 9 nitrogen and oxygen atoms in total. The first kappa shape index (κ1) is 16.1. The second kappa shape index (κ2) is 6.69. The third-order valence-electron chi connectivity index (χ3n) is 2.87. The van der Waals surface area contributed by atoms with Crippen molar-refractivity contribution in [2.45, 2.75) is 13.8 Å². The summed E-state index contributed by atoms with van der Waals surface area (Å²) in [6.45, 7) is 3.64. The number of phenols is 1. The summed E-state index contributed by atoms with van der Waals surface area (Å²) >= 11 is 0. The van der Waals surface area contributed by atoms with E-state index in [4.69, 9.17) is 4.74 Å². The molecule has 0 spiro atoms. The zero-order valence-electron chi connectivity index (χ0n) is 12.8. The van der Waals surface area contributed by atoms with E-state index < -0.39 is 4.92 Å². The highest BCUT2D eigenvalue weighted by molar-refractivity contribution is 5.86. The molecule has 0 unspecified atom stereocenters. The van der Waals surface area contributed by atoms with Crippen molar-refractivity contribution < 1.29 is 14.8 Å². The van der Waals surface area contributed by atoms with Crippen molar-refractivity contribution in [3.05, 3.63) is 45.3 Å². The van der Waals surface area contributed by atoms with E-state index in [2.05, 4.69) is 20.5 Å². The second-order valence-corrected chi connectivity index (χ2v) is 4.69. The van der Waals surface area contributed by atoms with Crippen LogP contribution >= 0.6 is 0 Å². The number of methoxy groups -OCH3 is 1. The van der Waals surface area contributed by atoms with E-state index in [0.29, 0.717) is 0 Å². The van der Waals surface area contributed by atoms with Crippen LogP contribution in [0.1, 0.15) is 17.0 Å². The van der Waals surface area contributed by atoms with Crippen LogP contribution in [0.4, 0.5) is 11.6 Å². The fourth-order valence-corrected chi connectivity index (χ4v) is 1.91. The molecule has 2 aromatic rings. The highest BCUT2D eigenvalue weighted by atomic mass is 16.6. The minimum atomic E-state index is -0.584. The Balaban J connectivity index is 2.28. The molecule has 0 fully saturated rings. The van der Waals surface area contributed by atoms with Crippen LogP contribution in [0.3, 0.4) is 0 Å². The Kier molecular flexibility index (Phi) is 4.69. The predicted molar refractivity (Wildman–Crippen MR) is 84.0 cm³/mol. The lowest BCUT2D eigenvalue weighted by atomic mass is 10.2. The molecule has 9 heteroatoms. The van der Waals surface area contributed by atoms with Crippen LogP contribution in [-0.2, 0) is 0 Å². The van der Waals surface area contributed by atoms with Gasteiger partial charge in [-0.05, 0) is 19.9 Å². The normalized spacial score (nSPS) is 10.7. The number of anilines is 1. The Labute approximate surface area is 131 Å². The molecule has 0 saturated carbocycles. The first-order chi connectivity index (χ1) is 10.9. The maximum Gasteiger partial charge on any atom is 0.274 e. The topological polar surface area (TPSA) is 123 Å². The fourth-order valence-electron chi connectivity index (χ4n) is 1.91. The number of aryl methyl sites for hydroxylation is 2. The second-order valence-electron chi connectivity index (χ2n) is 4.69. The summed E-state index contributed by atoms with van der Waals surface area (Å²) < 4.78 is 4.91. The number of nitrogens with zero attached hydrogens (tertiary/aromatic N) is 4. The molecule has 23 heavy (non-hydrogen) atoms. The maximum absolute atomic E-state index is 10.9. The molecule has 0 atom stereocenters. The van der Waals surface area contributed by atoms with Crippen molar-refractivity contribution in [1.82, 2.24) is 9.97 Å². The number of hydrazone groups is 1. The maximum atomic E-state index is 10.9. The highest BCUT2D eigenvalue weighted by Crippen LogP contribution is 2.33. The quantitative estimate of drug-likeness (QED) is 0.492. The van der Waals surface area contributed by atoms with E-state index in [-0.39, 0.29) is 28.7 Å². The molecule has 1 heterocycles. The molecule has 2 N–H and O–H groups in total. The Morgan fingerprint density at radius 3 is 2.52 bits per heavy atom. The zero-order chi connectivity index (χ0) is 17.0. The summed E-state index contributed by atoms with van der Waals surface area (Å²) in [4.78, 5) is 18.6. The number of aromatic hydroxyl groups is 1. The Morgan fingerprint density at radius 2 is 1.96 bits per heavy atom. The van der Waals surface area contributed by atoms with Crippen LogP contribution in [0.5, 0.6) is 11.5 Å². The van der Waals surface area contributed by atoms with Crippen LogP contribution < -0.4 is 10.2 Å². The van der Waals surface area contributed by atoms with Gasteiger partial charge in [-0.15, -0.1) is 0 Å². The van der Waals surface area contributed by atoms with Crippen molar-refractivity contribution in [2.75, 3.05) is 12.5 Å². The molecule has 1 aromatic carbocycles. The number of benzene rings is 1. The first-order valence-corrected chi connectivity index (χ1v) is 6.57. The number of phenolic OH excluding ortho intramolecular Hbond substituents is 1. The monoisotopic (exact) mass is 317 g/mol. The molecule has 0 saturated heterocycles. The number of non-ortho nitro benzene ring substituents is 1. The number of hydrogen-bond acceptors (Lipinski definition) is 8. The van der Waals surface area contributed by atoms with Gasteiger partial charge in [0.1, 0.15) is 0 Å². The van der Waals surface area contributed by atoms with Gasteiger partial charge in [0, 0.05) is 23.0 Å². The van der Waals surface area contributed by atoms with Gasteiger partial charge >= 0.3 is 0 Å². The van der Waals surface area contributed by atoms with Crippen LogP contribution in [0.2, 0.25) is 0 Å². The summed E-state index contributed by atoms with van der Waals surface area (Å²) in [5.74, 6) is 0.0314. The Hall–Kier alpha value is -3.23. The molecular weight excluding hydrogens is 302 g/mol.